The number of benzene rings is 3. The number of carbonyl (C=O) groups excluding carboxylic acids is 2. The summed E-state index contributed by atoms with van der Waals surface area (Å²) in [5.41, 5.74) is 1.66. The molecule has 1 spiro atoms. The first-order valence-corrected chi connectivity index (χ1v) is 9.47. The second-order valence-corrected chi connectivity index (χ2v) is 7.45. The van der Waals surface area contributed by atoms with E-state index in [4.69, 9.17) is 14.2 Å². The van der Waals surface area contributed by atoms with E-state index in [2.05, 4.69) is 0 Å². The Morgan fingerprint density at radius 3 is 2.38 bits per heavy atom. The van der Waals surface area contributed by atoms with Crippen molar-refractivity contribution >= 4 is 11.9 Å². The third kappa shape index (κ3) is 2.47. The molecule has 0 saturated carbocycles. The largest absolute Gasteiger partial charge is 0.456 e. The zero-order chi connectivity index (χ0) is 20.2. The summed E-state index contributed by atoms with van der Waals surface area (Å²) in [5, 5.41) is 0. The number of hydrogen-bond acceptors (Lipinski definition) is 5. The molecule has 0 aromatic heterocycles. The minimum atomic E-state index is -1.10. The Morgan fingerprint density at radius 2 is 1.59 bits per heavy atom. The molecule has 2 heterocycles. The topological polar surface area (TPSA) is 61.8 Å². The van der Waals surface area contributed by atoms with E-state index >= 15 is 0 Å². The third-order valence-corrected chi connectivity index (χ3v) is 5.28. The fourth-order valence-corrected chi connectivity index (χ4v) is 3.90. The van der Waals surface area contributed by atoms with Crippen molar-refractivity contribution in [1.29, 1.82) is 0 Å². The number of ether oxygens (including phenoxy) is 3. The highest BCUT2D eigenvalue weighted by Crippen LogP contribution is 2.56. The summed E-state index contributed by atoms with van der Waals surface area (Å²) < 4.78 is 17.6. The third-order valence-electron chi connectivity index (χ3n) is 5.28. The van der Waals surface area contributed by atoms with Gasteiger partial charge in [0.1, 0.15) is 17.2 Å². The van der Waals surface area contributed by atoms with Crippen LogP contribution < -0.4 is 9.47 Å². The second-order valence-electron chi connectivity index (χ2n) is 7.45. The molecule has 144 valence electrons. The molecule has 3 aromatic carbocycles. The number of para-hydroxylation sites is 1. The first-order valence-electron chi connectivity index (χ1n) is 9.47. The van der Waals surface area contributed by atoms with Crippen LogP contribution in [-0.4, -0.2) is 11.9 Å². The highest BCUT2D eigenvalue weighted by molar-refractivity contribution is 5.97. The second kappa shape index (κ2) is 6.21. The lowest BCUT2D eigenvalue weighted by Crippen LogP contribution is -2.33. The van der Waals surface area contributed by atoms with Crippen LogP contribution >= 0.6 is 0 Å². The molecule has 0 radical (unpaired) electrons. The van der Waals surface area contributed by atoms with E-state index in [-0.39, 0.29) is 17.9 Å². The molecule has 5 rings (SSSR count). The summed E-state index contributed by atoms with van der Waals surface area (Å²) in [5.74, 6) is 0.516. The average molecular weight is 386 g/mol. The molecule has 5 nitrogen and oxygen atoms in total. The molecule has 0 bridgehead atoms. The molecule has 5 heteroatoms. The van der Waals surface area contributed by atoms with Crippen molar-refractivity contribution in [3.8, 4) is 17.2 Å². The smallest absolute Gasteiger partial charge is 0.340 e. The van der Waals surface area contributed by atoms with Gasteiger partial charge in [0.2, 0.25) is 0 Å². The zero-order valence-electron chi connectivity index (χ0n) is 16.0. The number of rotatable bonds is 2. The van der Waals surface area contributed by atoms with Crippen LogP contribution in [0.3, 0.4) is 0 Å². The molecule has 1 atom stereocenters. The van der Waals surface area contributed by atoms with E-state index in [1.807, 2.05) is 42.5 Å². The van der Waals surface area contributed by atoms with E-state index < -0.39 is 5.60 Å². The SMILES string of the molecule is CC(C)C(=O)Oc1ccc2c(c1)Oc1ccccc1C21OC(=O)c2ccccc21. The van der Waals surface area contributed by atoms with Gasteiger partial charge >= 0.3 is 11.9 Å². The molecule has 2 aliphatic rings. The van der Waals surface area contributed by atoms with Crippen molar-refractivity contribution in [2.45, 2.75) is 19.4 Å². The van der Waals surface area contributed by atoms with Gasteiger partial charge in [0.15, 0.2) is 5.60 Å². The van der Waals surface area contributed by atoms with Crippen LogP contribution in [0.15, 0.2) is 66.7 Å². The van der Waals surface area contributed by atoms with Crippen molar-refractivity contribution in [3.63, 3.8) is 0 Å². The van der Waals surface area contributed by atoms with E-state index in [1.165, 1.54) is 0 Å². The van der Waals surface area contributed by atoms with Gasteiger partial charge in [-0.15, -0.1) is 0 Å². The van der Waals surface area contributed by atoms with Crippen LogP contribution in [0, 0.1) is 5.92 Å². The fraction of sp³-hybridized carbons (Fsp3) is 0.167. The van der Waals surface area contributed by atoms with Gasteiger partial charge in [-0.3, -0.25) is 4.79 Å². The van der Waals surface area contributed by atoms with Gasteiger partial charge in [-0.2, -0.15) is 0 Å². The lowest BCUT2D eigenvalue weighted by molar-refractivity contribution is -0.137. The molecular formula is C24H18O5. The van der Waals surface area contributed by atoms with Crippen molar-refractivity contribution in [3.05, 3.63) is 89.0 Å². The summed E-state index contributed by atoms with van der Waals surface area (Å²) in [4.78, 5) is 24.7. The first-order chi connectivity index (χ1) is 14.0. The fourth-order valence-electron chi connectivity index (χ4n) is 3.90. The predicted molar refractivity (Wildman–Crippen MR) is 105 cm³/mol. The van der Waals surface area contributed by atoms with Crippen LogP contribution in [0.25, 0.3) is 0 Å². The van der Waals surface area contributed by atoms with Gasteiger partial charge in [0, 0.05) is 22.8 Å². The van der Waals surface area contributed by atoms with Crippen molar-refractivity contribution < 1.29 is 23.8 Å². The first kappa shape index (κ1) is 17.5. The normalized spacial score (nSPS) is 18.5. The maximum absolute atomic E-state index is 12.7. The molecule has 0 amide bonds. The molecule has 0 aliphatic carbocycles. The number of carbonyl (C=O) groups is 2. The lowest BCUT2D eigenvalue weighted by atomic mass is 9.78. The molecule has 0 saturated heterocycles. The van der Waals surface area contributed by atoms with Gasteiger partial charge < -0.3 is 14.2 Å². The molecule has 0 N–H and O–H groups in total. The van der Waals surface area contributed by atoms with Crippen LogP contribution in [0.1, 0.15) is 40.9 Å². The Kier molecular flexibility index (Phi) is 3.74. The van der Waals surface area contributed by atoms with Gasteiger partial charge in [-0.05, 0) is 24.3 Å². The average Bonchev–Trinajstić information content (AvgIpc) is 3.01. The molecule has 29 heavy (non-hydrogen) atoms. The maximum atomic E-state index is 12.7. The van der Waals surface area contributed by atoms with Gasteiger partial charge in [-0.25, -0.2) is 4.79 Å². The van der Waals surface area contributed by atoms with E-state index in [1.54, 1.807) is 38.1 Å². The van der Waals surface area contributed by atoms with Crippen LogP contribution in [0.4, 0.5) is 0 Å². The zero-order valence-corrected chi connectivity index (χ0v) is 16.0. The lowest BCUT2D eigenvalue weighted by Gasteiger charge is -2.36. The number of esters is 2. The van der Waals surface area contributed by atoms with Gasteiger partial charge in [0.05, 0.1) is 11.5 Å². The highest BCUT2D eigenvalue weighted by Gasteiger charge is 2.53. The summed E-state index contributed by atoms with van der Waals surface area (Å²) >= 11 is 0. The van der Waals surface area contributed by atoms with Crippen LogP contribution in [0.2, 0.25) is 0 Å². The number of hydrogen-bond donors (Lipinski definition) is 0. The molecular weight excluding hydrogens is 368 g/mol. The predicted octanol–water partition coefficient (Wildman–Crippen LogP) is 4.82. The van der Waals surface area contributed by atoms with Gasteiger partial charge in [-0.1, -0.05) is 50.2 Å². The minimum Gasteiger partial charge on any atom is -0.456 e. The van der Waals surface area contributed by atoms with Crippen molar-refractivity contribution in [2.75, 3.05) is 0 Å². The minimum absolute atomic E-state index is 0.248. The monoisotopic (exact) mass is 386 g/mol. The van der Waals surface area contributed by atoms with Crippen molar-refractivity contribution in [2.24, 2.45) is 5.92 Å². The summed E-state index contributed by atoms with van der Waals surface area (Å²) in [6.07, 6.45) is 0. The molecule has 2 aliphatic heterocycles. The van der Waals surface area contributed by atoms with Crippen molar-refractivity contribution in [1.82, 2.24) is 0 Å². The summed E-state index contributed by atoms with van der Waals surface area (Å²) in [6.45, 7) is 3.55. The Morgan fingerprint density at radius 1 is 0.897 bits per heavy atom. The Hall–Kier alpha value is -3.60. The molecule has 0 fully saturated rings. The van der Waals surface area contributed by atoms with Crippen LogP contribution in [-0.2, 0) is 15.1 Å². The Balaban J connectivity index is 1.72. The highest BCUT2D eigenvalue weighted by atomic mass is 16.6. The Bertz CT molecular complexity index is 1160. The summed E-state index contributed by atoms with van der Waals surface area (Å²) in [7, 11) is 0. The number of fused-ring (bicyclic) bond motifs is 6. The molecule has 3 aromatic rings. The van der Waals surface area contributed by atoms with Crippen LogP contribution in [0.5, 0.6) is 17.2 Å². The maximum Gasteiger partial charge on any atom is 0.340 e. The van der Waals surface area contributed by atoms with Gasteiger partial charge in [0.25, 0.3) is 0 Å². The molecule has 1 unspecified atom stereocenters. The van der Waals surface area contributed by atoms with E-state index in [0.29, 0.717) is 28.4 Å². The van der Waals surface area contributed by atoms with E-state index in [0.717, 1.165) is 11.1 Å². The quantitative estimate of drug-likeness (QED) is 0.467. The standard InChI is InChI=1S/C24H18O5/c1-14(2)22(25)27-15-11-12-19-21(13-15)28-20-10-6-5-9-18(20)24(19)17-8-4-3-7-16(17)23(26)29-24/h3-14H,1-2H3. The Labute approximate surface area is 167 Å². The summed E-state index contributed by atoms with van der Waals surface area (Å²) in [6, 6.07) is 20.0. The van der Waals surface area contributed by atoms with E-state index in [9.17, 15) is 9.59 Å².